The average molecular weight is 399 g/mol. The van der Waals surface area contributed by atoms with E-state index in [2.05, 4.69) is 39.0 Å². The molecular formula is C29H50. The summed E-state index contributed by atoms with van der Waals surface area (Å²) >= 11 is 0. The first-order chi connectivity index (χ1) is 14.2. The maximum atomic E-state index is 2.46. The van der Waals surface area contributed by atoms with Crippen molar-refractivity contribution in [3.05, 3.63) is 34.9 Å². The van der Waals surface area contributed by atoms with Crippen molar-refractivity contribution in [2.75, 3.05) is 0 Å². The van der Waals surface area contributed by atoms with Crippen molar-refractivity contribution in [3.8, 4) is 0 Å². The molecule has 0 unspecified atom stereocenters. The summed E-state index contributed by atoms with van der Waals surface area (Å²) in [6, 6.07) is 7.30. The molecule has 0 aromatic heterocycles. The highest BCUT2D eigenvalue weighted by Crippen LogP contribution is 2.34. The molecule has 0 amide bonds. The molecule has 166 valence electrons. The number of unbranched alkanes of at least 4 members (excludes halogenated alkanes) is 8. The minimum Gasteiger partial charge on any atom is -0.0654 e. The molecule has 2 rings (SSSR count). The van der Waals surface area contributed by atoms with E-state index in [0.29, 0.717) is 0 Å². The normalized spacial score (nSPS) is 19.6. The highest BCUT2D eigenvalue weighted by Gasteiger charge is 2.20. The van der Waals surface area contributed by atoms with Crippen molar-refractivity contribution in [1.29, 1.82) is 0 Å². The van der Waals surface area contributed by atoms with Gasteiger partial charge < -0.3 is 0 Å². The van der Waals surface area contributed by atoms with E-state index in [-0.39, 0.29) is 0 Å². The van der Waals surface area contributed by atoms with Gasteiger partial charge in [0.15, 0.2) is 0 Å². The number of rotatable bonds is 15. The van der Waals surface area contributed by atoms with Crippen LogP contribution in [0.15, 0.2) is 18.2 Å². The Bertz CT molecular complexity index is 521. The second kappa shape index (κ2) is 15.1. The lowest BCUT2D eigenvalue weighted by molar-refractivity contribution is 0.248. The number of benzene rings is 1. The Morgan fingerprint density at radius 3 is 1.90 bits per heavy atom. The Morgan fingerprint density at radius 1 is 0.655 bits per heavy atom. The Kier molecular flexibility index (Phi) is 12.7. The first kappa shape index (κ1) is 24.5. The van der Waals surface area contributed by atoms with E-state index in [1.54, 1.807) is 11.1 Å². The van der Waals surface area contributed by atoms with Crippen LogP contribution in [0.2, 0.25) is 0 Å². The van der Waals surface area contributed by atoms with Gasteiger partial charge in [0.05, 0.1) is 0 Å². The standard InChI is InChI=1S/C29H50/c1-4-6-8-9-10-11-13-14-26-16-18-27(19-17-26)20-22-29-23-21-28(24-25(29)3)15-12-7-5-2/h21,23-24,26-27H,4-20,22H2,1-3H3/t26-,27-. The lowest BCUT2D eigenvalue weighted by Crippen LogP contribution is -2.15. The maximum Gasteiger partial charge on any atom is -0.0274 e. The molecule has 0 saturated heterocycles. The van der Waals surface area contributed by atoms with Crippen LogP contribution in [0.3, 0.4) is 0 Å². The van der Waals surface area contributed by atoms with Crippen molar-refractivity contribution in [1.82, 2.24) is 0 Å². The predicted molar refractivity (Wildman–Crippen MR) is 131 cm³/mol. The summed E-state index contributed by atoms with van der Waals surface area (Å²) in [5.41, 5.74) is 4.69. The monoisotopic (exact) mass is 398 g/mol. The van der Waals surface area contributed by atoms with E-state index in [0.717, 1.165) is 11.8 Å². The fraction of sp³-hybridized carbons (Fsp3) is 0.793. The smallest absolute Gasteiger partial charge is 0.0274 e. The van der Waals surface area contributed by atoms with E-state index < -0.39 is 0 Å². The van der Waals surface area contributed by atoms with Crippen LogP contribution in [0, 0.1) is 18.8 Å². The zero-order valence-corrected chi connectivity index (χ0v) is 20.1. The van der Waals surface area contributed by atoms with Gasteiger partial charge in [-0.25, -0.2) is 0 Å². The molecule has 1 fully saturated rings. The van der Waals surface area contributed by atoms with E-state index in [1.165, 1.54) is 121 Å². The third kappa shape index (κ3) is 10.2. The van der Waals surface area contributed by atoms with E-state index in [1.807, 2.05) is 0 Å². The van der Waals surface area contributed by atoms with Gasteiger partial charge in [0, 0.05) is 0 Å². The molecular weight excluding hydrogens is 348 g/mol. The largest absolute Gasteiger partial charge is 0.0654 e. The summed E-state index contributed by atoms with van der Waals surface area (Å²) in [6.07, 6.45) is 25.7. The molecule has 1 saturated carbocycles. The Balaban J connectivity index is 1.57. The van der Waals surface area contributed by atoms with E-state index in [4.69, 9.17) is 0 Å². The van der Waals surface area contributed by atoms with Gasteiger partial charge in [0.25, 0.3) is 0 Å². The first-order valence-electron chi connectivity index (χ1n) is 13.3. The molecule has 1 aliphatic carbocycles. The maximum absolute atomic E-state index is 2.46. The quantitative estimate of drug-likeness (QED) is 0.258. The zero-order valence-electron chi connectivity index (χ0n) is 20.1. The third-order valence-electron chi connectivity index (χ3n) is 7.48. The van der Waals surface area contributed by atoms with Gasteiger partial charge in [-0.15, -0.1) is 0 Å². The minimum atomic E-state index is 0.990. The first-order valence-corrected chi connectivity index (χ1v) is 13.3. The van der Waals surface area contributed by atoms with Gasteiger partial charge in [0.1, 0.15) is 0 Å². The highest BCUT2D eigenvalue weighted by molar-refractivity contribution is 5.31. The van der Waals surface area contributed by atoms with Crippen molar-refractivity contribution in [2.45, 2.75) is 136 Å². The van der Waals surface area contributed by atoms with Crippen LogP contribution in [-0.4, -0.2) is 0 Å². The third-order valence-corrected chi connectivity index (χ3v) is 7.48. The second-order valence-corrected chi connectivity index (χ2v) is 10.1. The van der Waals surface area contributed by atoms with Crippen molar-refractivity contribution in [3.63, 3.8) is 0 Å². The van der Waals surface area contributed by atoms with Gasteiger partial charge in [-0.05, 0) is 61.1 Å². The number of hydrogen-bond acceptors (Lipinski definition) is 0. The number of aryl methyl sites for hydroxylation is 3. The van der Waals surface area contributed by atoms with Gasteiger partial charge in [-0.2, -0.15) is 0 Å². The van der Waals surface area contributed by atoms with Crippen LogP contribution in [0.5, 0.6) is 0 Å². The van der Waals surface area contributed by atoms with Crippen LogP contribution in [0.1, 0.15) is 133 Å². The van der Waals surface area contributed by atoms with Gasteiger partial charge in [-0.3, -0.25) is 0 Å². The zero-order chi connectivity index (χ0) is 20.7. The Labute approximate surface area is 183 Å². The Hall–Kier alpha value is -0.780. The molecule has 0 radical (unpaired) electrons. The molecule has 1 aliphatic rings. The molecule has 0 spiro atoms. The summed E-state index contributed by atoms with van der Waals surface area (Å²) < 4.78 is 0. The van der Waals surface area contributed by atoms with Crippen LogP contribution >= 0.6 is 0 Å². The molecule has 29 heavy (non-hydrogen) atoms. The average Bonchev–Trinajstić information content (AvgIpc) is 2.73. The summed E-state index contributed by atoms with van der Waals surface area (Å²) in [5, 5.41) is 0. The van der Waals surface area contributed by atoms with Crippen LogP contribution in [0.4, 0.5) is 0 Å². The van der Waals surface area contributed by atoms with Gasteiger partial charge >= 0.3 is 0 Å². The fourth-order valence-electron chi connectivity index (χ4n) is 5.33. The van der Waals surface area contributed by atoms with Crippen molar-refractivity contribution in [2.24, 2.45) is 11.8 Å². The molecule has 0 heteroatoms. The van der Waals surface area contributed by atoms with Crippen molar-refractivity contribution >= 4 is 0 Å². The van der Waals surface area contributed by atoms with E-state index in [9.17, 15) is 0 Å². The van der Waals surface area contributed by atoms with Crippen molar-refractivity contribution < 1.29 is 0 Å². The predicted octanol–water partition coefficient (Wildman–Crippen LogP) is 9.61. The summed E-state index contributed by atoms with van der Waals surface area (Å²) in [7, 11) is 0. The van der Waals surface area contributed by atoms with Crippen LogP contribution in [0.25, 0.3) is 0 Å². The van der Waals surface area contributed by atoms with Crippen LogP contribution < -0.4 is 0 Å². The summed E-state index contributed by atoms with van der Waals surface area (Å²) in [5.74, 6) is 2.04. The summed E-state index contributed by atoms with van der Waals surface area (Å²) in [6.45, 7) is 6.93. The molecule has 0 bridgehead atoms. The molecule has 0 atom stereocenters. The lowest BCUT2D eigenvalue weighted by atomic mass is 9.77. The van der Waals surface area contributed by atoms with Gasteiger partial charge in [-0.1, -0.05) is 122 Å². The van der Waals surface area contributed by atoms with Gasteiger partial charge in [0.2, 0.25) is 0 Å². The molecule has 1 aromatic rings. The molecule has 0 nitrogen and oxygen atoms in total. The topological polar surface area (TPSA) is 0 Å². The fourth-order valence-corrected chi connectivity index (χ4v) is 5.33. The molecule has 0 N–H and O–H groups in total. The molecule has 0 aliphatic heterocycles. The molecule has 1 aromatic carbocycles. The second-order valence-electron chi connectivity index (χ2n) is 10.1. The number of hydrogen-bond donors (Lipinski definition) is 0. The Morgan fingerprint density at radius 2 is 1.24 bits per heavy atom. The molecule has 0 heterocycles. The van der Waals surface area contributed by atoms with Crippen LogP contribution in [-0.2, 0) is 12.8 Å². The summed E-state index contributed by atoms with van der Waals surface area (Å²) in [4.78, 5) is 0. The van der Waals surface area contributed by atoms with E-state index >= 15 is 0 Å². The minimum absolute atomic E-state index is 0.990. The SMILES string of the molecule is CCCCCCCCC[C@H]1CC[C@H](CCc2ccc(CCCCC)cc2C)CC1. The highest BCUT2D eigenvalue weighted by atomic mass is 14.3. The lowest BCUT2D eigenvalue weighted by Gasteiger charge is -2.28.